The molecule has 0 unspecified atom stereocenters. The van der Waals surface area contributed by atoms with E-state index in [4.69, 9.17) is 4.74 Å². The fourth-order valence-corrected chi connectivity index (χ4v) is 2.24. The molecule has 0 aliphatic carbocycles. The average Bonchev–Trinajstić information content (AvgIpc) is 3.05. The van der Waals surface area contributed by atoms with Crippen molar-refractivity contribution >= 4 is 6.09 Å². The van der Waals surface area contributed by atoms with Crippen LogP contribution < -0.4 is 5.32 Å². The third-order valence-corrected chi connectivity index (χ3v) is 3.39. The van der Waals surface area contributed by atoms with Crippen LogP contribution in [0.3, 0.4) is 0 Å². The highest BCUT2D eigenvalue weighted by Crippen LogP contribution is 2.20. The Labute approximate surface area is 139 Å². The molecule has 0 atom stereocenters. The lowest BCUT2D eigenvalue weighted by Gasteiger charge is -2.09. The fraction of sp³-hybridized carbons (Fsp3) is 0.176. The Bertz CT molecular complexity index is 817. The van der Waals surface area contributed by atoms with Gasteiger partial charge in [0, 0.05) is 49.5 Å². The molecule has 0 aliphatic rings. The van der Waals surface area contributed by atoms with E-state index in [1.165, 1.54) is 0 Å². The van der Waals surface area contributed by atoms with Crippen LogP contribution in [0.2, 0.25) is 0 Å². The lowest BCUT2D eigenvalue weighted by atomic mass is 10.1. The van der Waals surface area contributed by atoms with Gasteiger partial charge in [0.05, 0.1) is 11.9 Å². The molecule has 3 heterocycles. The molecule has 0 spiro atoms. The minimum Gasteiger partial charge on any atom is -0.445 e. The van der Waals surface area contributed by atoms with E-state index in [0.717, 1.165) is 22.4 Å². The maximum absolute atomic E-state index is 11.9. The number of rotatable bonds is 5. The number of carbonyl (C=O) groups excluding carboxylic acids is 1. The van der Waals surface area contributed by atoms with Crippen molar-refractivity contribution in [2.75, 3.05) is 0 Å². The first kappa shape index (κ1) is 15.7. The molecule has 3 aromatic rings. The van der Waals surface area contributed by atoms with Crippen LogP contribution in [0.5, 0.6) is 0 Å². The third-order valence-electron chi connectivity index (χ3n) is 3.39. The molecule has 0 bridgehead atoms. The summed E-state index contributed by atoms with van der Waals surface area (Å²) < 4.78 is 6.88. The zero-order valence-electron chi connectivity index (χ0n) is 13.2. The summed E-state index contributed by atoms with van der Waals surface area (Å²) in [6, 6.07) is 7.39. The van der Waals surface area contributed by atoms with Crippen LogP contribution in [0.1, 0.15) is 11.1 Å². The summed E-state index contributed by atoms with van der Waals surface area (Å²) in [5.41, 5.74) is 3.42. The Kier molecular flexibility index (Phi) is 4.81. The van der Waals surface area contributed by atoms with Gasteiger partial charge in [0.1, 0.15) is 6.61 Å². The molecule has 0 saturated carbocycles. The summed E-state index contributed by atoms with van der Waals surface area (Å²) in [4.78, 5) is 20.2. The molecule has 0 fully saturated rings. The Morgan fingerprint density at radius 1 is 1.25 bits per heavy atom. The van der Waals surface area contributed by atoms with Crippen molar-refractivity contribution in [1.29, 1.82) is 0 Å². The normalized spacial score (nSPS) is 10.4. The number of pyridine rings is 2. The second-order valence-corrected chi connectivity index (χ2v) is 5.20. The summed E-state index contributed by atoms with van der Waals surface area (Å²) in [6.07, 6.45) is 8.19. The highest BCUT2D eigenvalue weighted by atomic mass is 16.5. The molecular formula is C17H17N5O2. The van der Waals surface area contributed by atoms with Crippen LogP contribution in [0.25, 0.3) is 11.3 Å². The molecule has 0 aromatic carbocycles. The van der Waals surface area contributed by atoms with Gasteiger partial charge in [0.15, 0.2) is 0 Å². The predicted molar refractivity (Wildman–Crippen MR) is 87.7 cm³/mol. The van der Waals surface area contributed by atoms with Gasteiger partial charge in [-0.15, -0.1) is 0 Å². The molecule has 3 aromatic heterocycles. The van der Waals surface area contributed by atoms with Crippen molar-refractivity contribution in [2.45, 2.75) is 13.2 Å². The van der Waals surface area contributed by atoms with Gasteiger partial charge in [-0.3, -0.25) is 14.6 Å². The van der Waals surface area contributed by atoms with Gasteiger partial charge >= 0.3 is 6.09 Å². The molecule has 1 amide bonds. The Morgan fingerprint density at radius 2 is 2.12 bits per heavy atom. The number of ether oxygens (including phenoxy) is 1. The van der Waals surface area contributed by atoms with Gasteiger partial charge in [-0.25, -0.2) is 4.79 Å². The topological polar surface area (TPSA) is 81.9 Å². The molecule has 0 radical (unpaired) electrons. The van der Waals surface area contributed by atoms with Crippen LogP contribution in [0.4, 0.5) is 4.79 Å². The minimum atomic E-state index is -0.486. The Morgan fingerprint density at radius 3 is 2.88 bits per heavy atom. The van der Waals surface area contributed by atoms with Gasteiger partial charge in [-0.1, -0.05) is 12.1 Å². The maximum Gasteiger partial charge on any atom is 0.407 e. The van der Waals surface area contributed by atoms with E-state index in [2.05, 4.69) is 20.4 Å². The zero-order valence-corrected chi connectivity index (χ0v) is 13.2. The molecule has 1 N–H and O–H groups in total. The number of alkyl carbamates (subject to hydrolysis) is 1. The van der Waals surface area contributed by atoms with Crippen molar-refractivity contribution < 1.29 is 9.53 Å². The van der Waals surface area contributed by atoms with Crippen molar-refractivity contribution in [3.05, 3.63) is 66.4 Å². The van der Waals surface area contributed by atoms with Gasteiger partial charge in [-0.2, -0.15) is 5.10 Å². The lowest BCUT2D eigenvalue weighted by molar-refractivity contribution is 0.139. The molecular weight excluding hydrogens is 306 g/mol. The van der Waals surface area contributed by atoms with Crippen LogP contribution in [0, 0.1) is 0 Å². The number of amides is 1. The van der Waals surface area contributed by atoms with E-state index in [0.29, 0.717) is 6.54 Å². The molecule has 0 saturated heterocycles. The Balaban J connectivity index is 1.59. The monoisotopic (exact) mass is 323 g/mol. The zero-order chi connectivity index (χ0) is 16.8. The number of nitrogens with zero attached hydrogens (tertiary/aromatic N) is 4. The van der Waals surface area contributed by atoms with E-state index in [1.807, 2.05) is 31.4 Å². The van der Waals surface area contributed by atoms with E-state index in [1.54, 1.807) is 35.5 Å². The number of hydrogen-bond donors (Lipinski definition) is 1. The van der Waals surface area contributed by atoms with E-state index >= 15 is 0 Å². The number of aryl methyl sites for hydroxylation is 1. The molecule has 24 heavy (non-hydrogen) atoms. The largest absolute Gasteiger partial charge is 0.445 e. The van der Waals surface area contributed by atoms with Crippen molar-refractivity contribution in [3.8, 4) is 11.3 Å². The number of carbonyl (C=O) groups is 1. The van der Waals surface area contributed by atoms with Crippen molar-refractivity contribution in [1.82, 2.24) is 25.1 Å². The molecule has 3 rings (SSSR count). The summed E-state index contributed by atoms with van der Waals surface area (Å²) in [6.45, 7) is 0.506. The van der Waals surface area contributed by atoms with E-state index in [9.17, 15) is 4.79 Å². The first-order chi connectivity index (χ1) is 11.7. The summed E-state index contributed by atoms with van der Waals surface area (Å²) in [7, 11) is 1.85. The van der Waals surface area contributed by atoms with Gasteiger partial charge in [0.2, 0.25) is 0 Å². The lowest BCUT2D eigenvalue weighted by Crippen LogP contribution is -2.24. The molecule has 0 aliphatic heterocycles. The standard InChI is InChI=1S/C17H17N5O2/c1-22-11-15(10-21-22)16-14(5-3-7-19-16)9-20-17(23)24-12-13-4-2-6-18-8-13/h2-8,10-11H,9,12H2,1H3,(H,20,23). The molecule has 7 heteroatoms. The number of hydrogen-bond acceptors (Lipinski definition) is 5. The van der Waals surface area contributed by atoms with Crippen LogP contribution in [0.15, 0.2) is 55.2 Å². The number of aromatic nitrogens is 4. The van der Waals surface area contributed by atoms with Gasteiger partial charge in [0.25, 0.3) is 0 Å². The number of nitrogens with one attached hydrogen (secondary N) is 1. The van der Waals surface area contributed by atoms with E-state index in [-0.39, 0.29) is 6.61 Å². The molecule has 7 nitrogen and oxygen atoms in total. The summed E-state index contributed by atoms with van der Waals surface area (Å²) >= 11 is 0. The summed E-state index contributed by atoms with van der Waals surface area (Å²) in [5, 5.41) is 6.89. The van der Waals surface area contributed by atoms with E-state index < -0.39 is 6.09 Å². The van der Waals surface area contributed by atoms with Crippen molar-refractivity contribution in [2.24, 2.45) is 7.05 Å². The van der Waals surface area contributed by atoms with Crippen LogP contribution in [-0.2, 0) is 24.9 Å². The van der Waals surface area contributed by atoms with Crippen LogP contribution in [-0.4, -0.2) is 25.8 Å². The highest BCUT2D eigenvalue weighted by Gasteiger charge is 2.10. The predicted octanol–water partition coefficient (Wildman–Crippen LogP) is 2.30. The van der Waals surface area contributed by atoms with Gasteiger partial charge < -0.3 is 10.1 Å². The summed E-state index contributed by atoms with van der Waals surface area (Å²) in [5.74, 6) is 0. The fourth-order valence-electron chi connectivity index (χ4n) is 2.24. The third kappa shape index (κ3) is 3.95. The Hall–Kier alpha value is -3.22. The van der Waals surface area contributed by atoms with Crippen LogP contribution >= 0.6 is 0 Å². The van der Waals surface area contributed by atoms with Gasteiger partial charge in [-0.05, 0) is 17.7 Å². The second-order valence-electron chi connectivity index (χ2n) is 5.20. The maximum atomic E-state index is 11.9. The second kappa shape index (κ2) is 7.36. The quantitative estimate of drug-likeness (QED) is 0.779. The highest BCUT2D eigenvalue weighted by molar-refractivity contribution is 5.68. The van der Waals surface area contributed by atoms with Crippen molar-refractivity contribution in [3.63, 3.8) is 0 Å². The first-order valence-corrected chi connectivity index (χ1v) is 7.45. The average molecular weight is 323 g/mol. The SMILES string of the molecule is Cn1cc(-c2ncccc2CNC(=O)OCc2cccnc2)cn1. The smallest absolute Gasteiger partial charge is 0.407 e. The first-order valence-electron chi connectivity index (χ1n) is 7.45. The molecule has 122 valence electrons. The minimum absolute atomic E-state index is 0.183.